The van der Waals surface area contributed by atoms with Gasteiger partial charge >= 0.3 is 6.03 Å². The summed E-state index contributed by atoms with van der Waals surface area (Å²) in [6.07, 6.45) is 8.56. The number of amides is 2. The molecule has 134 valence electrons. The van der Waals surface area contributed by atoms with Gasteiger partial charge in [0.25, 0.3) is 0 Å². The van der Waals surface area contributed by atoms with E-state index in [0.717, 1.165) is 25.7 Å². The number of carbonyl (C=O) groups excluding carboxylic acids is 1. The minimum absolute atomic E-state index is 0.149. The molecule has 0 bridgehead atoms. The van der Waals surface area contributed by atoms with E-state index >= 15 is 0 Å². The first-order valence-electron chi connectivity index (χ1n) is 9.31. The highest BCUT2D eigenvalue weighted by Crippen LogP contribution is 2.39. The predicted molar refractivity (Wildman–Crippen MR) is 90.1 cm³/mol. The Morgan fingerprint density at radius 1 is 1.33 bits per heavy atom. The van der Waals surface area contributed by atoms with Gasteiger partial charge in [-0.25, -0.2) is 9.78 Å². The standard InChI is InChI=1S/C17H29N5O2/c1-2-5-11-6-3-4-7-13(11)19-17(24)18-10-14-20-16(22-21-14)15(23)12-8-9-12/h11-13,15,23H,2-10H2,1H3,(H2,18,19,24)(H,20,21,22). The molecule has 1 aromatic rings. The Labute approximate surface area is 143 Å². The molecule has 2 aliphatic carbocycles. The van der Waals surface area contributed by atoms with E-state index in [9.17, 15) is 9.90 Å². The van der Waals surface area contributed by atoms with Crippen LogP contribution in [0.1, 0.15) is 76.0 Å². The van der Waals surface area contributed by atoms with Crippen molar-refractivity contribution in [3.63, 3.8) is 0 Å². The van der Waals surface area contributed by atoms with Crippen LogP contribution in [-0.4, -0.2) is 32.4 Å². The largest absolute Gasteiger partial charge is 0.385 e. The maximum Gasteiger partial charge on any atom is 0.315 e. The first-order valence-corrected chi connectivity index (χ1v) is 9.31. The lowest BCUT2D eigenvalue weighted by Gasteiger charge is -2.32. The van der Waals surface area contributed by atoms with E-state index < -0.39 is 6.10 Å². The predicted octanol–water partition coefficient (Wildman–Crippen LogP) is 2.41. The fourth-order valence-electron chi connectivity index (χ4n) is 3.64. The highest BCUT2D eigenvalue weighted by molar-refractivity contribution is 5.74. The van der Waals surface area contributed by atoms with Gasteiger partial charge < -0.3 is 15.7 Å². The summed E-state index contributed by atoms with van der Waals surface area (Å²) in [4.78, 5) is 16.4. The molecule has 2 aliphatic rings. The lowest BCUT2D eigenvalue weighted by Crippen LogP contribution is -2.46. The molecule has 2 saturated carbocycles. The van der Waals surface area contributed by atoms with Crippen LogP contribution in [-0.2, 0) is 6.54 Å². The molecule has 3 atom stereocenters. The third-order valence-corrected chi connectivity index (χ3v) is 5.18. The Morgan fingerprint density at radius 3 is 2.88 bits per heavy atom. The first kappa shape index (κ1) is 17.2. The Bertz CT molecular complexity index is 541. The summed E-state index contributed by atoms with van der Waals surface area (Å²) in [5, 5.41) is 22.8. The molecule has 0 aromatic carbocycles. The number of urea groups is 1. The van der Waals surface area contributed by atoms with Crippen molar-refractivity contribution in [1.82, 2.24) is 25.8 Å². The molecule has 3 unspecified atom stereocenters. The van der Waals surface area contributed by atoms with Crippen LogP contribution in [0, 0.1) is 11.8 Å². The molecule has 0 spiro atoms. The van der Waals surface area contributed by atoms with Gasteiger partial charge in [-0.05, 0) is 43.9 Å². The van der Waals surface area contributed by atoms with Crippen LogP contribution in [0.3, 0.4) is 0 Å². The van der Waals surface area contributed by atoms with Crippen LogP contribution in [0.25, 0.3) is 0 Å². The number of rotatable bonds is 7. The van der Waals surface area contributed by atoms with Gasteiger partial charge in [0, 0.05) is 6.04 Å². The van der Waals surface area contributed by atoms with Crippen LogP contribution in [0.5, 0.6) is 0 Å². The molecular formula is C17H29N5O2. The maximum atomic E-state index is 12.2. The first-order chi connectivity index (χ1) is 11.7. The molecule has 3 rings (SSSR count). The lowest BCUT2D eigenvalue weighted by molar-refractivity contribution is 0.144. The number of aromatic nitrogens is 3. The van der Waals surface area contributed by atoms with Crippen molar-refractivity contribution in [2.45, 2.75) is 77.0 Å². The molecule has 7 heteroatoms. The number of aromatic amines is 1. The number of aliphatic hydroxyl groups is 1. The average Bonchev–Trinajstić information content (AvgIpc) is 3.32. The monoisotopic (exact) mass is 335 g/mol. The topological polar surface area (TPSA) is 103 Å². The summed E-state index contributed by atoms with van der Waals surface area (Å²) in [6, 6.07) is 0.129. The quantitative estimate of drug-likeness (QED) is 0.614. The van der Waals surface area contributed by atoms with Crippen LogP contribution < -0.4 is 10.6 Å². The van der Waals surface area contributed by atoms with Gasteiger partial charge in [0.05, 0.1) is 6.54 Å². The normalized spacial score (nSPS) is 25.2. The van der Waals surface area contributed by atoms with Crippen molar-refractivity contribution >= 4 is 6.03 Å². The molecular weight excluding hydrogens is 306 g/mol. The highest BCUT2D eigenvalue weighted by atomic mass is 16.3. The van der Waals surface area contributed by atoms with Gasteiger partial charge in [-0.2, -0.15) is 5.10 Å². The number of nitrogens with one attached hydrogen (secondary N) is 3. The van der Waals surface area contributed by atoms with Crippen LogP contribution in [0.2, 0.25) is 0 Å². The molecule has 4 N–H and O–H groups in total. The third-order valence-electron chi connectivity index (χ3n) is 5.18. The van der Waals surface area contributed by atoms with Gasteiger partial charge in [-0.1, -0.05) is 26.2 Å². The third kappa shape index (κ3) is 4.47. The zero-order chi connectivity index (χ0) is 16.9. The second kappa shape index (κ2) is 7.96. The fraction of sp³-hybridized carbons (Fsp3) is 0.824. The van der Waals surface area contributed by atoms with Gasteiger partial charge in [0.1, 0.15) is 11.9 Å². The molecule has 0 saturated heterocycles. The fourth-order valence-corrected chi connectivity index (χ4v) is 3.64. The molecule has 2 amide bonds. The van der Waals surface area contributed by atoms with Crippen LogP contribution >= 0.6 is 0 Å². The van der Waals surface area contributed by atoms with Crippen LogP contribution in [0.15, 0.2) is 0 Å². The van der Waals surface area contributed by atoms with E-state index in [1.54, 1.807) is 0 Å². The maximum absolute atomic E-state index is 12.2. The van der Waals surface area contributed by atoms with Crippen molar-refractivity contribution in [3.8, 4) is 0 Å². The second-order valence-corrected chi connectivity index (χ2v) is 7.19. The number of carbonyl (C=O) groups is 1. The van der Waals surface area contributed by atoms with Crippen molar-refractivity contribution in [3.05, 3.63) is 11.6 Å². The minimum Gasteiger partial charge on any atom is -0.385 e. The Balaban J connectivity index is 1.44. The molecule has 24 heavy (non-hydrogen) atoms. The SMILES string of the molecule is CCCC1CCCCC1NC(=O)NCc1nc(C(O)C2CC2)n[nH]1. The number of hydrogen-bond acceptors (Lipinski definition) is 4. The number of nitrogens with zero attached hydrogens (tertiary/aromatic N) is 2. The Hall–Kier alpha value is -1.63. The smallest absolute Gasteiger partial charge is 0.315 e. The van der Waals surface area contributed by atoms with E-state index in [1.165, 1.54) is 25.7 Å². The molecule has 2 fully saturated rings. The van der Waals surface area contributed by atoms with Crippen molar-refractivity contribution < 1.29 is 9.90 Å². The number of hydrogen-bond donors (Lipinski definition) is 4. The molecule has 0 aliphatic heterocycles. The lowest BCUT2D eigenvalue weighted by atomic mass is 9.82. The second-order valence-electron chi connectivity index (χ2n) is 7.19. The van der Waals surface area contributed by atoms with Crippen molar-refractivity contribution in [1.29, 1.82) is 0 Å². The van der Waals surface area contributed by atoms with Gasteiger partial charge in [-0.3, -0.25) is 5.10 Å². The number of H-pyrrole nitrogens is 1. The van der Waals surface area contributed by atoms with E-state index in [2.05, 4.69) is 32.7 Å². The summed E-state index contributed by atoms with van der Waals surface area (Å²) in [7, 11) is 0. The molecule has 0 radical (unpaired) electrons. The van der Waals surface area contributed by atoms with Crippen LogP contribution in [0.4, 0.5) is 4.79 Å². The van der Waals surface area contributed by atoms with Gasteiger partial charge in [-0.15, -0.1) is 0 Å². The Morgan fingerprint density at radius 2 is 2.12 bits per heavy atom. The van der Waals surface area contributed by atoms with Crippen molar-refractivity contribution in [2.75, 3.05) is 0 Å². The zero-order valence-corrected chi connectivity index (χ0v) is 14.4. The Kier molecular flexibility index (Phi) is 5.71. The van der Waals surface area contributed by atoms with Gasteiger partial charge in [0.2, 0.25) is 0 Å². The van der Waals surface area contributed by atoms with Crippen molar-refractivity contribution in [2.24, 2.45) is 11.8 Å². The van der Waals surface area contributed by atoms with E-state index in [0.29, 0.717) is 30.0 Å². The number of aliphatic hydroxyl groups excluding tert-OH is 1. The summed E-state index contributed by atoms with van der Waals surface area (Å²) in [5.74, 6) is 1.91. The van der Waals surface area contributed by atoms with E-state index in [1.807, 2.05) is 0 Å². The zero-order valence-electron chi connectivity index (χ0n) is 14.4. The highest BCUT2D eigenvalue weighted by Gasteiger charge is 2.33. The summed E-state index contributed by atoms with van der Waals surface area (Å²) < 4.78 is 0. The molecule has 1 heterocycles. The molecule has 1 aromatic heterocycles. The summed E-state index contributed by atoms with van der Waals surface area (Å²) in [6.45, 7) is 2.49. The average molecular weight is 335 g/mol. The summed E-state index contributed by atoms with van der Waals surface area (Å²) in [5.41, 5.74) is 0. The van der Waals surface area contributed by atoms with E-state index in [4.69, 9.17) is 0 Å². The minimum atomic E-state index is -0.583. The summed E-state index contributed by atoms with van der Waals surface area (Å²) >= 11 is 0. The van der Waals surface area contributed by atoms with Gasteiger partial charge in [0.15, 0.2) is 5.82 Å². The van der Waals surface area contributed by atoms with E-state index in [-0.39, 0.29) is 12.1 Å². The molecule has 7 nitrogen and oxygen atoms in total.